The molecule has 1 aliphatic heterocycles. The highest BCUT2D eigenvalue weighted by atomic mass is 32.2. The lowest BCUT2D eigenvalue weighted by Gasteiger charge is -2.29. The van der Waals surface area contributed by atoms with E-state index in [2.05, 4.69) is 48.2 Å². The summed E-state index contributed by atoms with van der Waals surface area (Å²) in [5.41, 5.74) is 3.10. The van der Waals surface area contributed by atoms with E-state index in [0.29, 0.717) is 0 Å². The Morgan fingerprint density at radius 1 is 0.962 bits per heavy atom. The van der Waals surface area contributed by atoms with Gasteiger partial charge in [0.2, 0.25) is 10.0 Å². The van der Waals surface area contributed by atoms with Gasteiger partial charge in [0.25, 0.3) is 0 Å². The summed E-state index contributed by atoms with van der Waals surface area (Å²) in [6.07, 6.45) is 8.26. The van der Waals surface area contributed by atoms with E-state index in [9.17, 15) is 8.42 Å². The smallest absolute Gasteiger partial charge is 0.238 e. The summed E-state index contributed by atoms with van der Waals surface area (Å²) in [6.45, 7) is 2.06. The van der Waals surface area contributed by atoms with Crippen molar-refractivity contribution in [2.24, 2.45) is 10.1 Å². The van der Waals surface area contributed by atoms with Gasteiger partial charge in [-0.15, -0.1) is 0 Å². The van der Waals surface area contributed by atoms with Crippen LogP contribution in [0.1, 0.15) is 11.1 Å². The Balaban J connectivity index is 1.78. The molecule has 26 heavy (non-hydrogen) atoms. The Bertz CT molecular complexity index is 1020. The third-order valence-electron chi connectivity index (χ3n) is 4.63. The molecule has 1 aliphatic carbocycles. The normalized spacial score (nSPS) is 21.6. The molecule has 0 fully saturated rings. The summed E-state index contributed by atoms with van der Waals surface area (Å²) in [4.78, 5) is 7.16. The van der Waals surface area contributed by atoms with E-state index in [1.807, 2.05) is 12.2 Å². The monoisotopic (exact) mass is 365 g/mol. The number of benzene rings is 2. The highest BCUT2D eigenvalue weighted by Gasteiger charge is 2.35. The van der Waals surface area contributed by atoms with Crippen molar-refractivity contribution < 1.29 is 8.42 Å². The largest absolute Gasteiger partial charge is 0.317 e. The summed E-state index contributed by atoms with van der Waals surface area (Å²) < 4.78 is 23.0. The topological polar surface area (TPSA) is 75.8 Å². The lowest BCUT2D eigenvalue weighted by Crippen LogP contribution is -2.39. The molecule has 2 aliphatic rings. The van der Waals surface area contributed by atoms with Gasteiger partial charge in [0.15, 0.2) is 0 Å². The zero-order chi connectivity index (χ0) is 18.3. The first-order valence-electron chi connectivity index (χ1n) is 8.35. The standard InChI is InChI=1S/C20H19N3O2S/c1-14-6-10-16(11-7-14)23-19-5-3-2-4-18(19)22-20(23)15-8-12-17(13-9-15)26(21,24)25/h2-13,18-19H,1H3,(H2,21,24,25). The van der Waals surface area contributed by atoms with Crippen molar-refractivity contribution in [2.45, 2.75) is 23.9 Å². The zero-order valence-electron chi connectivity index (χ0n) is 14.3. The lowest BCUT2D eigenvalue weighted by atomic mass is 10.0. The highest BCUT2D eigenvalue weighted by Crippen LogP contribution is 2.31. The first-order chi connectivity index (χ1) is 12.4. The van der Waals surface area contributed by atoms with Crippen molar-refractivity contribution in [3.05, 3.63) is 84.0 Å². The van der Waals surface area contributed by atoms with E-state index in [0.717, 1.165) is 17.1 Å². The van der Waals surface area contributed by atoms with Crippen molar-refractivity contribution in [1.29, 1.82) is 0 Å². The van der Waals surface area contributed by atoms with Crippen LogP contribution in [0.25, 0.3) is 0 Å². The molecule has 2 N–H and O–H groups in total. The van der Waals surface area contributed by atoms with Crippen molar-refractivity contribution in [1.82, 2.24) is 0 Å². The molecule has 0 saturated carbocycles. The van der Waals surface area contributed by atoms with E-state index in [1.54, 1.807) is 12.1 Å². The Morgan fingerprint density at radius 3 is 2.27 bits per heavy atom. The number of aryl methyl sites for hydroxylation is 1. The second-order valence-electron chi connectivity index (χ2n) is 6.48. The number of hydrogen-bond acceptors (Lipinski definition) is 4. The fraction of sp³-hybridized carbons (Fsp3) is 0.150. The molecule has 1 heterocycles. The van der Waals surface area contributed by atoms with Gasteiger partial charge in [-0.3, -0.25) is 4.99 Å². The molecule has 4 rings (SSSR count). The van der Waals surface area contributed by atoms with E-state index in [1.165, 1.54) is 17.7 Å². The van der Waals surface area contributed by atoms with E-state index in [4.69, 9.17) is 10.1 Å². The van der Waals surface area contributed by atoms with Crippen molar-refractivity contribution in [3.63, 3.8) is 0 Å². The van der Waals surface area contributed by atoms with Gasteiger partial charge in [-0.05, 0) is 43.3 Å². The molecule has 5 nitrogen and oxygen atoms in total. The van der Waals surface area contributed by atoms with Crippen LogP contribution in [0.4, 0.5) is 5.69 Å². The van der Waals surface area contributed by atoms with Crippen LogP contribution in [0, 0.1) is 6.92 Å². The number of sulfonamides is 1. The molecule has 0 spiro atoms. The van der Waals surface area contributed by atoms with Crippen molar-refractivity contribution >= 4 is 21.5 Å². The molecule has 2 aromatic rings. The minimum atomic E-state index is -3.71. The molecular weight excluding hydrogens is 346 g/mol. The third-order valence-corrected chi connectivity index (χ3v) is 5.56. The number of amidine groups is 1. The van der Waals surface area contributed by atoms with Crippen LogP contribution in [0.5, 0.6) is 0 Å². The molecule has 0 saturated heterocycles. The molecule has 0 amide bonds. The first-order valence-corrected chi connectivity index (χ1v) is 9.90. The van der Waals surface area contributed by atoms with Gasteiger partial charge in [0.05, 0.1) is 17.0 Å². The number of allylic oxidation sites excluding steroid dienone is 2. The molecular formula is C20H19N3O2S. The maximum absolute atomic E-state index is 11.5. The molecule has 2 unspecified atom stereocenters. The quantitative estimate of drug-likeness (QED) is 0.909. The first kappa shape index (κ1) is 16.8. The fourth-order valence-corrected chi connectivity index (χ4v) is 3.81. The lowest BCUT2D eigenvalue weighted by molar-refractivity contribution is 0.598. The van der Waals surface area contributed by atoms with Crippen LogP contribution in [0.15, 0.2) is 82.7 Å². The van der Waals surface area contributed by atoms with Gasteiger partial charge in [-0.2, -0.15) is 0 Å². The average molecular weight is 365 g/mol. The Labute approximate surface area is 153 Å². The minimum absolute atomic E-state index is 0.0363. The molecule has 0 radical (unpaired) electrons. The minimum Gasteiger partial charge on any atom is -0.317 e. The second kappa shape index (κ2) is 6.23. The number of nitrogens with two attached hydrogens (primary N) is 1. The van der Waals surface area contributed by atoms with Gasteiger partial charge >= 0.3 is 0 Å². The number of hydrogen-bond donors (Lipinski definition) is 1. The predicted octanol–water partition coefficient (Wildman–Crippen LogP) is 2.77. The van der Waals surface area contributed by atoms with Crippen molar-refractivity contribution in [2.75, 3.05) is 4.90 Å². The number of aliphatic imine (C=N–C) groups is 1. The molecule has 132 valence electrons. The number of rotatable bonds is 3. The van der Waals surface area contributed by atoms with Crippen LogP contribution < -0.4 is 10.0 Å². The summed E-state index contributed by atoms with van der Waals surface area (Å²) in [5.74, 6) is 0.820. The summed E-state index contributed by atoms with van der Waals surface area (Å²) in [6, 6.07) is 15.0. The Morgan fingerprint density at radius 2 is 1.62 bits per heavy atom. The van der Waals surface area contributed by atoms with Gasteiger partial charge in [0, 0.05) is 11.3 Å². The Hall–Kier alpha value is -2.70. The molecule has 0 bridgehead atoms. The van der Waals surface area contributed by atoms with Crippen LogP contribution in [0.3, 0.4) is 0 Å². The van der Waals surface area contributed by atoms with Gasteiger partial charge < -0.3 is 4.90 Å². The highest BCUT2D eigenvalue weighted by molar-refractivity contribution is 7.89. The molecule has 0 aromatic heterocycles. The van der Waals surface area contributed by atoms with Crippen LogP contribution in [-0.2, 0) is 10.0 Å². The van der Waals surface area contributed by atoms with Gasteiger partial charge in [-0.25, -0.2) is 13.6 Å². The molecule has 2 atom stereocenters. The molecule has 6 heteroatoms. The number of primary sulfonamides is 1. The van der Waals surface area contributed by atoms with Crippen LogP contribution in [0.2, 0.25) is 0 Å². The summed E-state index contributed by atoms with van der Waals surface area (Å²) in [5, 5.41) is 5.20. The third kappa shape index (κ3) is 2.98. The van der Waals surface area contributed by atoms with Gasteiger partial charge in [-0.1, -0.05) is 42.0 Å². The predicted molar refractivity (Wildman–Crippen MR) is 104 cm³/mol. The number of nitrogens with zero attached hydrogens (tertiary/aromatic N) is 2. The maximum atomic E-state index is 11.5. The average Bonchev–Trinajstić information content (AvgIpc) is 3.01. The van der Waals surface area contributed by atoms with E-state index in [-0.39, 0.29) is 17.0 Å². The Kier molecular flexibility index (Phi) is 4.01. The maximum Gasteiger partial charge on any atom is 0.238 e. The summed E-state index contributed by atoms with van der Waals surface area (Å²) >= 11 is 0. The fourth-order valence-electron chi connectivity index (χ4n) is 3.29. The van der Waals surface area contributed by atoms with E-state index >= 15 is 0 Å². The number of fused-ring (bicyclic) bond motifs is 1. The van der Waals surface area contributed by atoms with Gasteiger partial charge in [0.1, 0.15) is 5.84 Å². The van der Waals surface area contributed by atoms with Crippen molar-refractivity contribution in [3.8, 4) is 0 Å². The number of anilines is 1. The SMILES string of the molecule is Cc1ccc(N2C(c3ccc(S(N)(=O)=O)cc3)=NC3C=CC=CC32)cc1. The zero-order valence-corrected chi connectivity index (χ0v) is 15.1. The summed E-state index contributed by atoms with van der Waals surface area (Å²) in [7, 11) is -3.71. The second-order valence-corrected chi connectivity index (χ2v) is 8.04. The van der Waals surface area contributed by atoms with Crippen LogP contribution >= 0.6 is 0 Å². The van der Waals surface area contributed by atoms with E-state index < -0.39 is 10.0 Å². The molecule has 2 aromatic carbocycles. The van der Waals surface area contributed by atoms with Crippen LogP contribution in [-0.4, -0.2) is 26.3 Å².